The predicted octanol–water partition coefficient (Wildman–Crippen LogP) is 3.22. The van der Waals surface area contributed by atoms with Gasteiger partial charge < -0.3 is 4.74 Å². The zero-order valence-electron chi connectivity index (χ0n) is 9.49. The van der Waals surface area contributed by atoms with Crippen LogP contribution in [0.2, 0.25) is 0 Å². The number of ether oxygens (including phenoxy) is 1. The molecule has 0 atom stereocenters. The van der Waals surface area contributed by atoms with Gasteiger partial charge in [0.2, 0.25) is 0 Å². The van der Waals surface area contributed by atoms with Crippen molar-refractivity contribution in [3.05, 3.63) is 41.5 Å². The van der Waals surface area contributed by atoms with Gasteiger partial charge in [0.15, 0.2) is 6.29 Å². The number of fused-ring (bicyclic) bond motifs is 1. The maximum atomic E-state index is 11.0. The Morgan fingerprint density at radius 2 is 2.06 bits per heavy atom. The molecule has 2 aromatic rings. The van der Waals surface area contributed by atoms with E-state index in [1.54, 1.807) is 13.2 Å². The monoisotopic (exact) mass is 214 g/mol. The van der Waals surface area contributed by atoms with Gasteiger partial charge in [-0.3, -0.25) is 4.79 Å². The topological polar surface area (TPSA) is 26.3 Å². The average Bonchev–Trinajstić information content (AvgIpc) is 2.36. The van der Waals surface area contributed by atoms with Crippen LogP contribution >= 0.6 is 0 Å². The number of rotatable bonds is 3. The van der Waals surface area contributed by atoms with Crippen molar-refractivity contribution in [1.82, 2.24) is 0 Å². The fraction of sp³-hybridized carbons (Fsp3) is 0.214. The van der Waals surface area contributed by atoms with Crippen molar-refractivity contribution in [2.75, 3.05) is 7.11 Å². The van der Waals surface area contributed by atoms with E-state index in [1.807, 2.05) is 12.1 Å². The molecule has 0 aliphatic rings. The van der Waals surface area contributed by atoms with Gasteiger partial charge in [-0.25, -0.2) is 0 Å². The van der Waals surface area contributed by atoms with Crippen LogP contribution in [0.4, 0.5) is 0 Å². The molecule has 0 radical (unpaired) electrons. The number of methoxy groups -OCH3 is 1. The molecule has 2 nitrogen and oxygen atoms in total. The van der Waals surface area contributed by atoms with Gasteiger partial charge in [-0.05, 0) is 34.9 Å². The molecule has 0 saturated carbocycles. The van der Waals surface area contributed by atoms with Crippen molar-refractivity contribution in [2.24, 2.45) is 0 Å². The van der Waals surface area contributed by atoms with Crippen LogP contribution in [0.25, 0.3) is 10.8 Å². The van der Waals surface area contributed by atoms with Crippen LogP contribution in [0.1, 0.15) is 22.8 Å². The Labute approximate surface area is 94.8 Å². The number of carbonyl (C=O) groups is 1. The summed E-state index contributed by atoms with van der Waals surface area (Å²) in [5.41, 5.74) is 1.94. The van der Waals surface area contributed by atoms with E-state index in [-0.39, 0.29) is 0 Å². The molecule has 0 fully saturated rings. The third-order valence-electron chi connectivity index (χ3n) is 2.79. The molecule has 0 spiro atoms. The summed E-state index contributed by atoms with van der Waals surface area (Å²) in [4.78, 5) is 11.0. The standard InChI is InChI=1S/C14H14O2/c1-3-10-4-5-14-11(6-10)7-13(16-2)8-12(14)9-15/h4-9H,3H2,1-2H3. The van der Waals surface area contributed by atoms with E-state index in [2.05, 4.69) is 19.1 Å². The van der Waals surface area contributed by atoms with Crippen LogP contribution in [-0.2, 0) is 6.42 Å². The van der Waals surface area contributed by atoms with Crippen LogP contribution in [0.3, 0.4) is 0 Å². The largest absolute Gasteiger partial charge is 0.497 e. The molecule has 0 bridgehead atoms. The first-order chi connectivity index (χ1) is 7.78. The molecular weight excluding hydrogens is 200 g/mol. The van der Waals surface area contributed by atoms with Gasteiger partial charge >= 0.3 is 0 Å². The minimum Gasteiger partial charge on any atom is -0.497 e. The first-order valence-corrected chi connectivity index (χ1v) is 5.34. The van der Waals surface area contributed by atoms with Gasteiger partial charge in [-0.15, -0.1) is 0 Å². The zero-order chi connectivity index (χ0) is 11.5. The lowest BCUT2D eigenvalue weighted by Gasteiger charge is -2.07. The Hall–Kier alpha value is -1.83. The summed E-state index contributed by atoms with van der Waals surface area (Å²) in [5, 5.41) is 2.04. The van der Waals surface area contributed by atoms with Crippen molar-refractivity contribution in [1.29, 1.82) is 0 Å². The molecule has 2 heteroatoms. The Morgan fingerprint density at radius 3 is 2.69 bits per heavy atom. The highest BCUT2D eigenvalue weighted by molar-refractivity contribution is 5.99. The second kappa shape index (κ2) is 4.35. The Bertz CT molecular complexity index is 524. The van der Waals surface area contributed by atoms with E-state index in [1.165, 1.54) is 5.56 Å². The minimum atomic E-state index is 0.678. The van der Waals surface area contributed by atoms with Crippen molar-refractivity contribution >= 4 is 17.1 Å². The highest BCUT2D eigenvalue weighted by Crippen LogP contribution is 2.25. The van der Waals surface area contributed by atoms with E-state index in [0.717, 1.165) is 29.2 Å². The lowest BCUT2D eigenvalue weighted by atomic mass is 10.0. The lowest BCUT2D eigenvalue weighted by molar-refractivity contribution is 0.112. The molecule has 0 unspecified atom stereocenters. The summed E-state index contributed by atoms with van der Waals surface area (Å²) >= 11 is 0. The summed E-state index contributed by atoms with van der Waals surface area (Å²) in [6.07, 6.45) is 1.86. The van der Waals surface area contributed by atoms with E-state index in [9.17, 15) is 4.79 Å². The van der Waals surface area contributed by atoms with E-state index in [0.29, 0.717) is 5.56 Å². The first-order valence-electron chi connectivity index (χ1n) is 5.34. The molecule has 2 aromatic carbocycles. The molecule has 0 aliphatic heterocycles. The van der Waals surface area contributed by atoms with Crippen molar-refractivity contribution < 1.29 is 9.53 Å². The summed E-state index contributed by atoms with van der Waals surface area (Å²) in [7, 11) is 1.61. The molecule has 0 saturated heterocycles. The summed E-state index contributed by atoms with van der Waals surface area (Å²) in [6.45, 7) is 2.11. The van der Waals surface area contributed by atoms with E-state index in [4.69, 9.17) is 4.74 Å². The first kappa shape index (κ1) is 10.7. The smallest absolute Gasteiger partial charge is 0.150 e. The third kappa shape index (κ3) is 1.78. The number of hydrogen-bond acceptors (Lipinski definition) is 2. The molecule has 0 amide bonds. The molecule has 0 aromatic heterocycles. The maximum absolute atomic E-state index is 11.0. The third-order valence-corrected chi connectivity index (χ3v) is 2.79. The second-order valence-corrected chi connectivity index (χ2v) is 3.74. The number of hydrogen-bond donors (Lipinski definition) is 0. The number of aryl methyl sites for hydroxylation is 1. The molecule has 16 heavy (non-hydrogen) atoms. The number of benzene rings is 2. The maximum Gasteiger partial charge on any atom is 0.150 e. The fourth-order valence-corrected chi connectivity index (χ4v) is 1.86. The molecule has 2 rings (SSSR count). The molecule has 0 heterocycles. The number of carbonyl (C=O) groups excluding carboxylic acids is 1. The fourth-order valence-electron chi connectivity index (χ4n) is 1.86. The normalized spacial score (nSPS) is 10.4. The van der Waals surface area contributed by atoms with Crippen LogP contribution in [0.5, 0.6) is 5.75 Å². The van der Waals surface area contributed by atoms with Crippen molar-refractivity contribution in [2.45, 2.75) is 13.3 Å². The summed E-state index contributed by atoms with van der Waals surface area (Å²) in [6, 6.07) is 9.88. The average molecular weight is 214 g/mol. The Morgan fingerprint density at radius 1 is 1.25 bits per heavy atom. The molecular formula is C14H14O2. The predicted molar refractivity (Wildman–Crippen MR) is 65.3 cm³/mol. The SMILES string of the molecule is CCc1ccc2c(C=O)cc(OC)cc2c1. The summed E-state index contributed by atoms with van der Waals surface area (Å²) in [5.74, 6) is 0.725. The minimum absolute atomic E-state index is 0.678. The van der Waals surface area contributed by atoms with Crippen LogP contribution in [0.15, 0.2) is 30.3 Å². The van der Waals surface area contributed by atoms with Gasteiger partial charge in [0, 0.05) is 5.56 Å². The molecule has 0 N–H and O–H groups in total. The highest BCUT2D eigenvalue weighted by Gasteiger charge is 2.04. The van der Waals surface area contributed by atoms with E-state index < -0.39 is 0 Å². The van der Waals surface area contributed by atoms with Gasteiger partial charge in [0.25, 0.3) is 0 Å². The van der Waals surface area contributed by atoms with Crippen LogP contribution < -0.4 is 4.74 Å². The highest BCUT2D eigenvalue weighted by atomic mass is 16.5. The van der Waals surface area contributed by atoms with Crippen molar-refractivity contribution in [3.63, 3.8) is 0 Å². The van der Waals surface area contributed by atoms with Gasteiger partial charge in [0.05, 0.1) is 7.11 Å². The Kier molecular flexibility index (Phi) is 2.91. The van der Waals surface area contributed by atoms with Crippen LogP contribution in [-0.4, -0.2) is 13.4 Å². The summed E-state index contributed by atoms with van der Waals surface area (Å²) < 4.78 is 5.18. The number of aldehydes is 1. The molecule has 0 aliphatic carbocycles. The van der Waals surface area contributed by atoms with Gasteiger partial charge in [-0.2, -0.15) is 0 Å². The zero-order valence-corrected chi connectivity index (χ0v) is 9.49. The Balaban J connectivity index is 2.73. The van der Waals surface area contributed by atoms with E-state index >= 15 is 0 Å². The van der Waals surface area contributed by atoms with Gasteiger partial charge in [0.1, 0.15) is 5.75 Å². The molecule has 82 valence electrons. The van der Waals surface area contributed by atoms with Crippen LogP contribution in [0, 0.1) is 0 Å². The van der Waals surface area contributed by atoms with Crippen molar-refractivity contribution in [3.8, 4) is 5.75 Å². The second-order valence-electron chi connectivity index (χ2n) is 3.74. The quantitative estimate of drug-likeness (QED) is 0.733. The lowest BCUT2D eigenvalue weighted by Crippen LogP contribution is -1.90. The van der Waals surface area contributed by atoms with Gasteiger partial charge in [-0.1, -0.05) is 25.1 Å².